The number of esters is 1. The summed E-state index contributed by atoms with van der Waals surface area (Å²) in [5.41, 5.74) is 12.2. The molecule has 21 heavy (non-hydrogen) atoms. The third-order valence-electron chi connectivity index (χ3n) is 3.68. The molecule has 0 bridgehead atoms. The summed E-state index contributed by atoms with van der Waals surface area (Å²) in [6, 6.07) is 0.0882. The van der Waals surface area contributed by atoms with Gasteiger partial charge in [-0.25, -0.2) is 9.48 Å². The van der Waals surface area contributed by atoms with Gasteiger partial charge in [0.1, 0.15) is 11.4 Å². The van der Waals surface area contributed by atoms with Crippen LogP contribution in [0.5, 0.6) is 0 Å². The fourth-order valence-corrected chi connectivity index (χ4v) is 2.65. The van der Waals surface area contributed by atoms with Crippen LogP contribution in [-0.2, 0) is 10.3 Å². The van der Waals surface area contributed by atoms with E-state index in [-0.39, 0.29) is 11.6 Å². The molecule has 1 saturated heterocycles. The monoisotopic (exact) mass is 295 g/mol. The Hall–Kier alpha value is -1.76. The first kappa shape index (κ1) is 15.6. The van der Waals surface area contributed by atoms with Crippen molar-refractivity contribution in [3.63, 3.8) is 0 Å². The molecule has 7 nitrogen and oxygen atoms in total. The zero-order chi connectivity index (χ0) is 15.8. The Morgan fingerprint density at radius 2 is 2.10 bits per heavy atom. The van der Waals surface area contributed by atoms with Gasteiger partial charge in [-0.05, 0) is 33.6 Å². The molecule has 0 spiro atoms. The molecule has 4 N–H and O–H groups in total. The van der Waals surface area contributed by atoms with Crippen molar-refractivity contribution in [2.75, 3.05) is 30.8 Å². The first-order chi connectivity index (χ1) is 9.75. The predicted molar refractivity (Wildman–Crippen MR) is 82.4 cm³/mol. The lowest BCUT2D eigenvalue weighted by Crippen LogP contribution is -2.43. The first-order valence-corrected chi connectivity index (χ1v) is 7.23. The largest absolute Gasteiger partial charge is 0.465 e. The van der Waals surface area contributed by atoms with E-state index < -0.39 is 5.97 Å². The number of nitrogens with two attached hydrogens (primary N) is 2. The number of anilines is 2. The molecule has 0 aromatic carbocycles. The Morgan fingerprint density at radius 3 is 2.62 bits per heavy atom. The van der Waals surface area contributed by atoms with Crippen LogP contribution in [0.25, 0.3) is 0 Å². The number of carbonyl (C=O) groups excluding carboxylic acids is 1. The van der Waals surface area contributed by atoms with Crippen molar-refractivity contribution in [3.8, 4) is 0 Å². The number of nitrogen functional groups attached to an aromatic ring is 1. The fourth-order valence-electron chi connectivity index (χ4n) is 2.65. The maximum atomic E-state index is 12.1. The highest BCUT2D eigenvalue weighted by molar-refractivity contribution is 5.99. The summed E-state index contributed by atoms with van der Waals surface area (Å²) in [4.78, 5) is 14.1. The summed E-state index contributed by atoms with van der Waals surface area (Å²) in [5.74, 6) is 0.449. The number of piperidine rings is 1. The number of carbonyl (C=O) groups is 1. The molecule has 0 radical (unpaired) electrons. The molecule has 118 valence electrons. The van der Waals surface area contributed by atoms with E-state index in [1.165, 1.54) is 7.11 Å². The van der Waals surface area contributed by atoms with Crippen molar-refractivity contribution in [1.82, 2.24) is 9.78 Å². The van der Waals surface area contributed by atoms with Crippen LogP contribution in [-0.4, -0.2) is 42.0 Å². The topological polar surface area (TPSA) is 99.4 Å². The van der Waals surface area contributed by atoms with E-state index in [0.717, 1.165) is 19.4 Å². The van der Waals surface area contributed by atoms with Crippen molar-refractivity contribution in [2.45, 2.75) is 45.2 Å². The number of rotatable bonds is 2. The second-order valence-corrected chi connectivity index (χ2v) is 6.51. The third kappa shape index (κ3) is 2.97. The van der Waals surface area contributed by atoms with Crippen molar-refractivity contribution in [3.05, 3.63) is 5.56 Å². The smallest absolute Gasteiger partial charge is 0.345 e. The number of ether oxygens (including phenoxy) is 1. The molecule has 1 atom stereocenters. The second-order valence-electron chi connectivity index (χ2n) is 6.51. The van der Waals surface area contributed by atoms with E-state index in [1.54, 1.807) is 4.68 Å². The van der Waals surface area contributed by atoms with Crippen LogP contribution in [0.3, 0.4) is 0 Å². The molecule has 1 unspecified atom stereocenters. The highest BCUT2D eigenvalue weighted by Gasteiger charge is 2.32. The molecular weight excluding hydrogens is 270 g/mol. The molecule has 1 fully saturated rings. The molecule has 1 aliphatic rings. The molecule has 0 amide bonds. The van der Waals surface area contributed by atoms with Gasteiger partial charge in [-0.1, -0.05) is 0 Å². The van der Waals surface area contributed by atoms with Gasteiger partial charge < -0.3 is 21.1 Å². The van der Waals surface area contributed by atoms with E-state index >= 15 is 0 Å². The van der Waals surface area contributed by atoms with Gasteiger partial charge in [0.25, 0.3) is 0 Å². The normalized spacial score (nSPS) is 19.7. The van der Waals surface area contributed by atoms with Gasteiger partial charge in [-0.15, -0.1) is 0 Å². The van der Waals surface area contributed by atoms with Gasteiger partial charge in [-0.2, -0.15) is 5.10 Å². The van der Waals surface area contributed by atoms with Crippen LogP contribution in [0.2, 0.25) is 0 Å². The van der Waals surface area contributed by atoms with Crippen LogP contribution in [0.15, 0.2) is 0 Å². The molecule has 1 aromatic rings. The Bertz CT molecular complexity index is 532. The maximum absolute atomic E-state index is 12.1. The summed E-state index contributed by atoms with van der Waals surface area (Å²) in [6.45, 7) is 7.46. The lowest BCUT2D eigenvalue weighted by molar-refractivity contribution is 0.0602. The molecule has 2 heterocycles. The first-order valence-electron chi connectivity index (χ1n) is 7.23. The molecule has 2 rings (SSSR count). The quantitative estimate of drug-likeness (QED) is 0.788. The predicted octanol–water partition coefficient (Wildman–Crippen LogP) is 0.934. The lowest BCUT2D eigenvalue weighted by atomic mass is 10.1. The molecule has 0 saturated carbocycles. The van der Waals surface area contributed by atoms with E-state index in [9.17, 15) is 4.79 Å². The Morgan fingerprint density at radius 1 is 1.43 bits per heavy atom. The van der Waals surface area contributed by atoms with Gasteiger partial charge in [0.15, 0.2) is 5.82 Å². The number of aromatic nitrogens is 2. The third-order valence-corrected chi connectivity index (χ3v) is 3.68. The van der Waals surface area contributed by atoms with Crippen molar-refractivity contribution in [1.29, 1.82) is 0 Å². The number of hydrogen-bond donors (Lipinski definition) is 2. The molecule has 1 aromatic heterocycles. The van der Waals surface area contributed by atoms with Crippen LogP contribution in [0, 0.1) is 0 Å². The summed E-state index contributed by atoms with van der Waals surface area (Å²) in [5, 5.41) is 4.57. The lowest BCUT2D eigenvalue weighted by Gasteiger charge is -2.31. The fraction of sp³-hybridized carbons (Fsp3) is 0.714. The molecular formula is C14H25N5O2. The van der Waals surface area contributed by atoms with Crippen molar-refractivity contribution >= 4 is 17.6 Å². The van der Waals surface area contributed by atoms with Gasteiger partial charge in [0.2, 0.25) is 0 Å². The summed E-state index contributed by atoms with van der Waals surface area (Å²) in [6.07, 6.45) is 1.96. The van der Waals surface area contributed by atoms with E-state index in [0.29, 0.717) is 23.7 Å². The maximum Gasteiger partial charge on any atom is 0.345 e. The minimum Gasteiger partial charge on any atom is -0.465 e. The highest BCUT2D eigenvalue weighted by atomic mass is 16.5. The second kappa shape index (κ2) is 5.55. The highest BCUT2D eigenvalue weighted by Crippen LogP contribution is 2.31. The van der Waals surface area contributed by atoms with Gasteiger partial charge in [0, 0.05) is 19.1 Å². The average molecular weight is 295 g/mol. The van der Waals surface area contributed by atoms with Gasteiger partial charge in [-0.3, -0.25) is 0 Å². The SMILES string of the molecule is COC(=O)c1c(N2CCCC(N)C2)nn(C(C)(C)C)c1N. The zero-order valence-corrected chi connectivity index (χ0v) is 13.2. The number of methoxy groups -OCH3 is 1. The van der Waals surface area contributed by atoms with Crippen LogP contribution in [0.4, 0.5) is 11.6 Å². The van der Waals surface area contributed by atoms with Crippen LogP contribution in [0.1, 0.15) is 44.0 Å². The number of hydrogen-bond acceptors (Lipinski definition) is 6. The van der Waals surface area contributed by atoms with E-state index in [4.69, 9.17) is 16.2 Å². The standard InChI is InChI=1S/C14H25N5O2/c1-14(2,3)19-11(16)10(13(20)21-4)12(17-19)18-7-5-6-9(15)8-18/h9H,5-8,15-16H2,1-4H3. The van der Waals surface area contributed by atoms with Crippen LogP contribution >= 0.6 is 0 Å². The Kier molecular flexibility index (Phi) is 4.13. The van der Waals surface area contributed by atoms with Gasteiger partial charge >= 0.3 is 5.97 Å². The van der Waals surface area contributed by atoms with Crippen molar-refractivity contribution in [2.24, 2.45) is 5.73 Å². The minimum atomic E-state index is -0.461. The van der Waals surface area contributed by atoms with Crippen molar-refractivity contribution < 1.29 is 9.53 Å². The van der Waals surface area contributed by atoms with E-state index in [1.807, 2.05) is 25.7 Å². The van der Waals surface area contributed by atoms with Gasteiger partial charge in [0.05, 0.1) is 12.6 Å². The van der Waals surface area contributed by atoms with Crippen LogP contribution < -0.4 is 16.4 Å². The zero-order valence-electron chi connectivity index (χ0n) is 13.2. The molecule has 0 aliphatic carbocycles. The molecule has 1 aliphatic heterocycles. The molecule has 7 heteroatoms. The van der Waals surface area contributed by atoms with E-state index in [2.05, 4.69) is 5.10 Å². The number of nitrogens with zero attached hydrogens (tertiary/aromatic N) is 3. The summed E-state index contributed by atoms with van der Waals surface area (Å²) in [7, 11) is 1.35. The Balaban J connectivity index is 2.50. The summed E-state index contributed by atoms with van der Waals surface area (Å²) >= 11 is 0. The average Bonchev–Trinajstić information content (AvgIpc) is 2.75. The summed E-state index contributed by atoms with van der Waals surface area (Å²) < 4.78 is 6.55. The Labute approximate surface area is 125 Å². The minimum absolute atomic E-state index is 0.0882.